The number of imide groups is 1. The molecule has 5 nitrogen and oxygen atoms in total. The molecule has 0 radical (unpaired) electrons. The van der Waals surface area contributed by atoms with Gasteiger partial charge in [-0.2, -0.15) is 0 Å². The summed E-state index contributed by atoms with van der Waals surface area (Å²) in [7, 11) is 1.26. The molecule has 1 aliphatic rings. The molecule has 0 spiro atoms. The second kappa shape index (κ2) is 5.69. The summed E-state index contributed by atoms with van der Waals surface area (Å²) in [5.41, 5.74) is 0.945. The minimum atomic E-state index is -0.575. The predicted molar refractivity (Wildman–Crippen MR) is 73.3 cm³/mol. The normalized spacial score (nSPS) is 16.9. The van der Waals surface area contributed by atoms with Crippen LogP contribution in [0.25, 0.3) is 0 Å². The van der Waals surface area contributed by atoms with Gasteiger partial charge in [-0.15, -0.1) is 0 Å². The first-order chi connectivity index (χ1) is 9.60. The van der Waals surface area contributed by atoms with Crippen molar-refractivity contribution in [1.29, 1.82) is 0 Å². The Hall–Kier alpha value is -2.43. The molecule has 0 N–H and O–H groups in total. The molecule has 104 valence electrons. The third-order valence-electron chi connectivity index (χ3n) is 3.07. The number of benzene rings is 1. The van der Waals surface area contributed by atoms with Crippen molar-refractivity contribution >= 4 is 23.5 Å². The molecule has 1 fully saturated rings. The highest BCUT2D eigenvalue weighted by atomic mass is 16.5. The highest BCUT2D eigenvalue weighted by molar-refractivity contribution is 6.29. The molecular weight excluding hydrogens is 258 g/mol. The van der Waals surface area contributed by atoms with E-state index in [-0.39, 0.29) is 29.5 Å². The van der Waals surface area contributed by atoms with Crippen molar-refractivity contribution in [3.63, 3.8) is 0 Å². The summed E-state index contributed by atoms with van der Waals surface area (Å²) in [5, 5.41) is 0. The Balaban J connectivity index is 2.47. The van der Waals surface area contributed by atoms with E-state index in [1.54, 1.807) is 24.3 Å². The van der Waals surface area contributed by atoms with Crippen LogP contribution in [0.3, 0.4) is 0 Å². The van der Waals surface area contributed by atoms with E-state index in [1.807, 2.05) is 6.92 Å². The highest BCUT2D eigenvalue weighted by Crippen LogP contribution is 2.29. The number of hydrogen-bond acceptors (Lipinski definition) is 4. The van der Waals surface area contributed by atoms with E-state index in [4.69, 9.17) is 0 Å². The summed E-state index contributed by atoms with van der Waals surface area (Å²) in [5.74, 6) is -1.27. The van der Waals surface area contributed by atoms with Crippen LogP contribution in [-0.2, 0) is 14.3 Å². The third kappa shape index (κ3) is 2.34. The average molecular weight is 273 g/mol. The monoisotopic (exact) mass is 273 g/mol. The summed E-state index contributed by atoms with van der Waals surface area (Å²) in [6.45, 7) is 1.90. The number of esters is 1. The molecule has 0 atom stereocenters. The van der Waals surface area contributed by atoms with Crippen LogP contribution in [0.1, 0.15) is 30.1 Å². The summed E-state index contributed by atoms with van der Waals surface area (Å²) < 4.78 is 4.68. The van der Waals surface area contributed by atoms with E-state index in [0.717, 1.165) is 4.90 Å². The van der Waals surface area contributed by atoms with E-state index in [2.05, 4.69) is 4.74 Å². The van der Waals surface area contributed by atoms with Crippen molar-refractivity contribution in [2.45, 2.75) is 19.8 Å². The molecule has 0 bridgehead atoms. The Kier molecular flexibility index (Phi) is 3.98. The third-order valence-corrected chi connectivity index (χ3v) is 3.07. The maximum absolute atomic E-state index is 12.3. The Morgan fingerprint density at radius 3 is 2.70 bits per heavy atom. The van der Waals surface area contributed by atoms with Crippen LogP contribution in [-0.4, -0.2) is 24.9 Å². The fourth-order valence-electron chi connectivity index (χ4n) is 2.18. The van der Waals surface area contributed by atoms with Crippen LogP contribution < -0.4 is 4.90 Å². The number of carbonyl (C=O) groups excluding carboxylic acids is 3. The van der Waals surface area contributed by atoms with E-state index in [0.29, 0.717) is 12.0 Å². The number of carbonyl (C=O) groups is 3. The smallest absolute Gasteiger partial charge is 0.339 e. The topological polar surface area (TPSA) is 63.7 Å². The van der Waals surface area contributed by atoms with Gasteiger partial charge in [0.1, 0.15) is 0 Å². The molecule has 1 saturated heterocycles. The molecule has 2 rings (SSSR count). The van der Waals surface area contributed by atoms with Gasteiger partial charge in [0.2, 0.25) is 5.91 Å². The number of ether oxygens (including phenoxy) is 1. The van der Waals surface area contributed by atoms with Crippen molar-refractivity contribution in [2.24, 2.45) is 0 Å². The number of allylic oxidation sites excluding steroid dienone is 1. The SMILES string of the molecule is CCC=C1CC(=O)N(c2ccccc2C(=O)OC)C1=O. The molecular formula is C15H15NO4. The number of nitrogens with zero attached hydrogens (tertiary/aromatic N) is 1. The van der Waals surface area contributed by atoms with E-state index in [1.165, 1.54) is 13.2 Å². The molecule has 0 saturated carbocycles. The first kappa shape index (κ1) is 14.0. The van der Waals surface area contributed by atoms with Crippen molar-refractivity contribution in [3.05, 3.63) is 41.5 Å². The molecule has 2 amide bonds. The lowest BCUT2D eigenvalue weighted by atomic mass is 10.1. The van der Waals surface area contributed by atoms with Gasteiger partial charge in [-0.05, 0) is 18.6 Å². The van der Waals surface area contributed by atoms with Gasteiger partial charge in [0.25, 0.3) is 5.91 Å². The minimum absolute atomic E-state index is 0.0716. The molecule has 20 heavy (non-hydrogen) atoms. The Labute approximate surface area is 116 Å². The zero-order chi connectivity index (χ0) is 14.7. The number of para-hydroxylation sites is 1. The second-order valence-corrected chi connectivity index (χ2v) is 4.36. The van der Waals surface area contributed by atoms with Crippen molar-refractivity contribution in [1.82, 2.24) is 0 Å². The van der Waals surface area contributed by atoms with Crippen LogP contribution in [0.15, 0.2) is 35.9 Å². The van der Waals surface area contributed by atoms with Crippen molar-refractivity contribution in [2.75, 3.05) is 12.0 Å². The Morgan fingerprint density at radius 1 is 1.35 bits per heavy atom. The van der Waals surface area contributed by atoms with Gasteiger partial charge < -0.3 is 4.74 Å². The van der Waals surface area contributed by atoms with Crippen molar-refractivity contribution in [3.8, 4) is 0 Å². The zero-order valence-electron chi connectivity index (χ0n) is 11.4. The van der Waals surface area contributed by atoms with Crippen LogP contribution in [0, 0.1) is 0 Å². The highest BCUT2D eigenvalue weighted by Gasteiger charge is 2.36. The first-order valence-corrected chi connectivity index (χ1v) is 6.33. The zero-order valence-corrected chi connectivity index (χ0v) is 11.4. The van der Waals surface area contributed by atoms with E-state index in [9.17, 15) is 14.4 Å². The van der Waals surface area contributed by atoms with Crippen LogP contribution in [0.4, 0.5) is 5.69 Å². The van der Waals surface area contributed by atoms with E-state index < -0.39 is 5.97 Å². The van der Waals surface area contributed by atoms with Gasteiger partial charge in [0, 0.05) is 5.57 Å². The Bertz CT molecular complexity index is 604. The molecule has 1 aliphatic heterocycles. The molecule has 1 heterocycles. The van der Waals surface area contributed by atoms with Crippen LogP contribution >= 0.6 is 0 Å². The summed E-state index contributed by atoms with van der Waals surface area (Å²) in [4.78, 5) is 37.1. The lowest BCUT2D eigenvalue weighted by Crippen LogP contribution is -2.30. The molecule has 1 aromatic rings. The maximum atomic E-state index is 12.3. The van der Waals surface area contributed by atoms with Gasteiger partial charge in [0.15, 0.2) is 0 Å². The van der Waals surface area contributed by atoms with E-state index >= 15 is 0 Å². The van der Waals surface area contributed by atoms with Gasteiger partial charge in [-0.3, -0.25) is 9.59 Å². The van der Waals surface area contributed by atoms with Gasteiger partial charge >= 0.3 is 5.97 Å². The molecule has 5 heteroatoms. The molecule has 0 aromatic heterocycles. The number of hydrogen-bond donors (Lipinski definition) is 0. The standard InChI is InChI=1S/C15H15NO4/c1-3-6-10-9-13(17)16(14(10)18)12-8-5-4-7-11(12)15(19)20-2/h4-8H,3,9H2,1-2H3. The summed E-state index contributed by atoms with van der Waals surface area (Å²) >= 11 is 0. The van der Waals surface area contributed by atoms with Gasteiger partial charge in [-0.25, -0.2) is 9.69 Å². The quantitative estimate of drug-likeness (QED) is 0.480. The Morgan fingerprint density at radius 2 is 2.05 bits per heavy atom. The summed E-state index contributed by atoms with van der Waals surface area (Å²) in [6, 6.07) is 6.42. The second-order valence-electron chi connectivity index (χ2n) is 4.36. The van der Waals surface area contributed by atoms with Crippen LogP contribution in [0.2, 0.25) is 0 Å². The molecule has 0 unspecified atom stereocenters. The van der Waals surface area contributed by atoms with Crippen LogP contribution in [0.5, 0.6) is 0 Å². The number of rotatable bonds is 3. The first-order valence-electron chi connectivity index (χ1n) is 6.33. The molecule has 1 aromatic carbocycles. The number of amides is 2. The van der Waals surface area contributed by atoms with Gasteiger partial charge in [0.05, 0.1) is 24.8 Å². The maximum Gasteiger partial charge on any atom is 0.339 e. The number of methoxy groups -OCH3 is 1. The lowest BCUT2D eigenvalue weighted by molar-refractivity contribution is -0.120. The summed E-state index contributed by atoms with van der Waals surface area (Å²) in [6.07, 6.45) is 2.49. The predicted octanol–water partition coefficient (Wildman–Crippen LogP) is 2.07. The largest absolute Gasteiger partial charge is 0.465 e. The lowest BCUT2D eigenvalue weighted by Gasteiger charge is -2.16. The fourth-order valence-corrected chi connectivity index (χ4v) is 2.18. The van der Waals surface area contributed by atoms with Crippen molar-refractivity contribution < 1.29 is 19.1 Å². The average Bonchev–Trinajstić information content (AvgIpc) is 2.73. The fraction of sp³-hybridized carbons (Fsp3) is 0.267. The minimum Gasteiger partial charge on any atom is -0.465 e. The number of anilines is 1. The molecule has 0 aliphatic carbocycles. The van der Waals surface area contributed by atoms with Gasteiger partial charge in [-0.1, -0.05) is 25.1 Å².